The number of carbonyl (C=O) groups is 3. The Balaban J connectivity index is 1.25. The van der Waals surface area contributed by atoms with Crippen LogP contribution in [0.2, 0.25) is 0 Å². The van der Waals surface area contributed by atoms with E-state index in [1.165, 1.54) is 19.3 Å². The molecule has 0 aromatic rings. The van der Waals surface area contributed by atoms with Crippen LogP contribution in [0.25, 0.3) is 0 Å². The summed E-state index contributed by atoms with van der Waals surface area (Å²) >= 11 is 0. The number of allylic oxidation sites excluding steroid dienone is 2. The molecular formula is C20H24N2O3. The lowest BCUT2D eigenvalue weighted by Gasteiger charge is -2.55. The maximum atomic E-state index is 13.2. The highest BCUT2D eigenvalue weighted by molar-refractivity contribution is 6.07. The summed E-state index contributed by atoms with van der Waals surface area (Å²) in [7, 11) is 0. The zero-order valence-electron chi connectivity index (χ0n) is 14.3. The second kappa shape index (κ2) is 4.54. The normalized spacial score (nSPS) is 51.5. The van der Waals surface area contributed by atoms with Crippen molar-refractivity contribution < 1.29 is 14.4 Å². The Morgan fingerprint density at radius 3 is 1.84 bits per heavy atom. The first-order chi connectivity index (χ1) is 12.0. The molecular weight excluding hydrogens is 316 g/mol. The van der Waals surface area contributed by atoms with Crippen LogP contribution in [-0.2, 0) is 14.4 Å². The van der Waals surface area contributed by atoms with Gasteiger partial charge >= 0.3 is 0 Å². The highest BCUT2D eigenvalue weighted by Gasteiger charge is 2.61. The molecule has 6 aliphatic carbocycles. The number of imide groups is 1. The maximum absolute atomic E-state index is 13.2. The Bertz CT molecular complexity index is 661. The standard InChI is InChI=1S/C20H24N2O3/c23-17-15-13-1-2-14(6-13)16(15)18(24)22(17)21-19(25)20-7-10-3-11(8-20)5-12(4-10)9-20/h1-2,10-16H,3-9H2,(H,21,25)/t10?,11?,12?,13-,14-,15+,16+,20?/m1/s1. The minimum absolute atomic E-state index is 0.0615. The zero-order valence-corrected chi connectivity index (χ0v) is 14.3. The molecule has 0 spiro atoms. The van der Waals surface area contributed by atoms with Crippen LogP contribution in [0.3, 0.4) is 0 Å². The van der Waals surface area contributed by atoms with Gasteiger partial charge in [-0.25, -0.2) is 0 Å². The van der Waals surface area contributed by atoms with E-state index in [9.17, 15) is 14.4 Å². The van der Waals surface area contributed by atoms with Crippen molar-refractivity contribution in [1.82, 2.24) is 10.4 Å². The van der Waals surface area contributed by atoms with Crippen molar-refractivity contribution in [2.24, 2.45) is 46.8 Å². The van der Waals surface area contributed by atoms with Crippen molar-refractivity contribution in [3.63, 3.8) is 0 Å². The molecule has 1 saturated heterocycles. The molecule has 6 bridgehead atoms. The SMILES string of the molecule is O=C1[C@@H]2[C@@H](C(=O)N1NC(=O)C13CC4CC(CC(C4)C1)C3)[C@@H]1C=C[C@@H]2C1. The van der Waals surface area contributed by atoms with Crippen molar-refractivity contribution in [2.45, 2.75) is 44.9 Å². The van der Waals surface area contributed by atoms with Gasteiger partial charge in [0.15, 0.2) is 0 Å². The zero-order chi connectivity index (χ0) is 16.9. The highest BCUT2D eigenvalue weighted by Crippen LogP contribution is 2.60. The molecule has 1 aliphatic heterocycles. The van der Waals surface area contributed by atoms with Crippen LogP contribution >= 0.6 is 0 Å². The Morgan fingerprint density at radius 2 is 1.36 bits per heavy atom. The van der Waals surface area contributed by atoms with E-state index >= 15 is 0 Å². The predicted octanol–water partition coefficient (Wildman–Crippen LogP) is 2.04. The third-order valence-corrected chi connectivity index (χ3v) is 8.20. The maximum Gasteiger partial charge on any atom is 0.252 e. The minimum atomic E-state index is -0.329. The van der Waals surface area contributed by atoms with Gasteiger partial charge in [-0.1, -0.05) is 12.2 Å². The first kappa shape index (κ1) is 14.5. The van der Waals surface area contributed by atoms with E-state index in [1.807, 2.05) is 0 Å². The van der Waals surface area contributed by atoms with Crippen LogP contribution in [0.1, 0.15) is 44.9 Å². The number of amides is 3. The van der Waals surface area contributed by atoms with Gasteiger partial charge < -0.3 is 0 Å². The number of hydrazine groups is 1. The van der Waals surface area contributed by atoms with Gasteiger partial charge in [-0.05, 0) is 74.5 Å². The van der Waals surface area contributed by atoms with Crippen molar-refractivity contribution >= 4 is 17.7 Å². The number of fused-ring (bicyclic) bond motifs is 5. The molecule has 0 radical (unpaired) electrons. The monoisotopic (exact) mass is 340 g/mol. The van der Waals surface area contributed by atoms with E-state index in [0.717, 1.165) is 30.7 Å². The summed E-state index contributed by atoms with van der Waals surface area (Å²) in [5, 5.41) is 1.10. The summed E-state index contributed by atoms with van der Waals surface area (Å²) in [6.45, 7) is 0. The molecule has 5 heteroatoms. The van der Waals surface area contributed by atoms with Gasteiger partial charge in [0.25, 0.3) is 11.8 Å². The quantitative estimate of drug-likeness (QED) is 0.618. The summed E-state index contributed by atoms with van der Waals surface area (Å²) < 4.78 is 0. The fraction of sp³-hybridized carbons (Fsp3) is 0.750. The molecule has 1 heterocycles. The molecule has 5 saturated carbocycles. The van der Waals surface area contributed by atoms with E-state index in [2.05, 4.69) is 17.6 Å². The molecule has 7 rings (SSSR count). The smallest absolute Gasteiger partial charge is 0.252 e. The number of nitrogens with zero attached hydrogens (tertiary/aromatic N) is 1. The van der Waals surface area contributed by atoms with Crippen LogP contribution in [0, 0.1) is 46.8 Å². The van der Waals surface area contributed by atoms with E-state index in [4.69, 9.17) is 0 Å². The van der Waals surface area contributed by atoms with Gasteiger partial charge in [-0.3, -0.25) is 19.8 Å². The second-order valence-corrected chi connectivity index (χ2v) is 9.65. The first-order valence-electron chi connectivity index (χ1n) is 9.91. The van der Waals surface area contributed by atoms with E-state index in [0.29, 0.717) is 17.8 Å². The lowest BCUT2D eigenvalue weighted by atomic mass is 9.49. The van der Waals surface area contributed by atoms with Gasteiger partial charge in [0, 0.05) is 0 Å². The molecule has 0 aromatic heterocycles. The number of carbonyl (C=O) groups excluding carboxylic acids is 3. The van der Waals surface area contributed by atoms with Crippen molar-refractivity contribution in [1.29, 1.82) is 0 Å². The topological polar surface area (TPSA) is 66.5 Å². The van der Waals surface area contributed by atoms with Gasteiger partial charge in [0.2, 0.25) is 5.91 Å². The molecule has 7 aliphatic rings. The Kier molecular flexibility index (Phi) is 2.64. The molecule has 6 fully saturated rings. The predicted molar refractivity (Wildman–Crippen MR) is 88.3 cm³/mol. The summed E-state index contributed by atoms with van der Waals surface area (Å²) in [5.41, 5.74) is 2.47. The van der Waals surface area contributed by atoms with Crippen LogP contribution in [0.4, 0.5) is 0 Å². The average Bonchev–Trinajstić information content (AvgIpc) is 3.23. The minimum Gasteiger partial charge on any atom is -0.273 e. The fourth-order valence-corrected chi connectivity index (χ4v) is 7.62. The van der Waals surface area contributed by atoms with Crippen LogP contribution in [0.5, 0.6) is 0 Å². The fourth-order valence-electron chi connectivity index (χ4n) is 7.62. The van der Waals surface area contributed by atoms with E-state index in [1.54, 1.807) is 0 Å². The lowest BCUT2D eigenvalue weighted by molar-refractivity contribution is -0.160. The molecule has 0 aromatic carbocycles. The Hall–Kier alpha value is -1.65. The first-order valence-corrected chi connectivity index (χ1v) is 9.91. The third kappa shape index (κ3) is 1.77. The third-order valence-electron chi connectivity index (χ3n) is 8.20. The molecule has 4 atom stereocenters. The Labute approximate surface area is 147 Å². The van der Waals surface area contributed by atoms with Gasteiger partial charge in [-0.15, -0.1) is 0 Å². The Morgan fingerprint density at radius 1 is 0.880 bits per heavy atom. The lowest BCUT2D eigenvalue weighted by Crippen LogP contribution is -2.58. The second-order valence-electron chi connectivity index (χ2n) is 9.65. The summed E-state index contributed by atoms with van der Waals surface area (Å²) in [6.07, 6.45) is 11.7. The van der Waals surface area contributed by atoms with E-state index in [-0.39, 0.29) is 46.8 Å². The van der Waals surface area contributed by atoms with Gasteiger partial charge in [0.05, 0.1) is 17.3 Å². The number of rotatable bonds is 2. The average molecular weight is 340 g/mol. The van der Waals surface area contributed by atoms with Crippen molar-refractivity contribution in [3.05, 3.63) is 12.2 Å². The van der Waals surface area contributed by atoms with Gasteiger partial charge in [-0.2, -0.15) is 5.01 Å². The largest absolute Gasteiger partial charge is 0.273 e. The van der Waals surface area contributed by atoms with Crippen LogP contribution in [0.15, 0.2) is 12.2 Å². The summed E-state index contributed by atoms with van der Waals surface area (Å²) in [6, 6.07) is 0. The molecule has 132 valence electrons. The van der Waals surface area contributed by atoms with Crippen LogP contribution in [-0.4, -0.2) is 22.7 Å². The van der Waals surface area contributed by atoms with Crippen LogP contribution < -0.4 is 5.43 Å². The van der Waals surface area contributed by atoms with Crippen molar-refractivity contribution in [2.75, 3.05) is 0 Å². The molecule has 3 amide bonds. The number of hydrogen-bond acceptors (Lipinski definition) is 3. The summed E-state index contributed by atoms with van der Waals surface area (Å²) in [5.74, 6) is 1.49. The number of nitrogens with one attached hydrogen (secondary N) is 1. The molecule has 0 unspecified atom stereocenters. The summed E-state index contributed by atoms with van der Waals surface area (Å²) in [4.78, 5) is 38.8. The van der Waals surface area contributed by atoms with Crippen molar-refractivity contribution in [3.8, 4) is 0 Å². The molecule has 1 N–H and O–H groups in total. The molecule has 25 heavy (non-hydrogen) atoms. The molecule has 5 nitrogen and oxygen atoms in total. The van der Waals surface area contributed by atoms with Gasteiger partial charge in [0.1, 0.15) is 0 Å². The number of hydrogen-bond donors (Lipinski definition) is 1. The van der Waals surface area contributed by atoms with E-state index < -0.39 is 0 Å². The highest BCUT2D eigenvalue weighted by atomic mass is 16.2.